The Morgan fingerprint density at radius 3 is 2.65 bits per heavy atom. The molecule has 1 fully saturated rings. The van der Waals surface area contributed by atoms with Crippen LogP contribution in [-0.4, -0.2) is 58.9 Å². The Balaban J connectivity index is 0.00000178. The standard InChI is InChI=1S/C27H31ClF3N3O2S.CH2O2/c1-5-20-23(14-34-13-18(6-9-24(35)36)27(30,31)15-34)32-26(17(4)37-11-10-16(2)3)33-25(20)21-8-7-19(29)12-22(21)28;2-1-3/h6-12,16,18,25H,4-5,13-15H2,1-3H3,(H,32,33)(H,35,36);1H,(H,2,3)/b9-6+,11-10-;/t18?,25-;/m1./s1. The summed E-state index contributed by atoms with van der Waals surface area (Å²) in [6.07, 6.45) is 4.40. The number of alkyl halides is 2. The molecule has 0 radical (unpaired) electrons. The maximum atomic E-state index is 14.7. The van der Waals surface area contributed by atoms with E-state index in [9.17, 15) is 18.0 Å². The number of aliphatic carboxylic acids is 1. The first kappa shape index (κ1) is 33.2. The molecule has 40 heavy (non-hydrogen) atoms. The topological polar surface area (TPSA) is 102 Å². The molecule has 7 nitrogen and oxygen atoms in total. The molecule has 2 heterocycles. The van der Waals surface area contributed by atoms with Gasteiger partial charge >= 0.3 is 5.97 Å². The highest BCUT2D eigenvalue weighted by atomic mass is 35.5. The number of allylic oxidation sites excluding steroid dienone is 1. The van der Waals surface area contributed by atoms with E-state index in [2.05, 4.69) is 25.7 Å². The van der Waals surface area contributed by atoms with Crippen molar-refractivity contribution in [3.8, 4) is 0 Å². The summed E-state index contributed by atoms with van der Waals surface area (Å²) in [4.78, 5) is 26.3. The Morgan fingerprint density at radius 2 is 2.08 bits per heavy atom. The number of hydrogen-bond acceptors (Lipinski definition) is 6. The van der Waals surface area contributed by atoms with Crippen molar-refractivity contribution in [3.63, 3.8) is 0 Å². The molecule has 1 saturated heterocycles. The number of carbonyl (C=O) groups is 2. The third kappa shape index (κ3) is 9.28. The van der Waals surface area contributed by atoms with E-state index < -0.39 is 36.2 Å². The molecule has 12 heteroatoms. The minimum atomic E-state index is -3.06. The summed E-state index contributed by atoms with van der Waals surface area (Å²) < 4.78 is 43.1. The number of thioether (sulfide) groups is 1. The highest BCUT2D eigenvalue weighted by Gasteiger charge is 2.47. The van der Waals surface area contributed by atoms with Crippen molar-refractivity contribution in [3.05, 3.63) is 81.0 Å². The maximum absolute atomic E-state index is 14.7. The largest absolute Gasteiger partial charge is 0.483 e. The molecule has 1 aromatic carbocycles. The second kappa shape index (κ2) is 15.1. The lowest BCUT2D eigenvalue weighted by atomic mass is 9.93. The first-order valence-electron chi connectivity index (χ1n) is 12.5. The molecular weight excluding hydrogens is 567 g/mol. The minimum absolute atomic E-state index is 0.000222. The normalized spacial score (nSPS) is 20.9. The number of hydrogen-bond donors (Lipinski definition) is 3. The number of carboxylic acid groups (broad SMARTS) is 2. The first-order chi connectivity index (χ1) is 18.8. The zero-order valence-electron chi connectivity index (χ0n) is 22.4. The van der Waals surface area contributed by atoms with Crippen LogP contribution in [0.2, 0.25) is 5.02 Å². The third-order valence-electron chi connectivity index (χ3n) is 6.11. The van der Waals surface area contributed by atoms with Gasteiger partial charge in [-0.3, -0.25) is 14.7 Å². The van der Waals surface area contributed by atoms with E-state index in [4.69, 9.17) is 31.6 Å². The monoisotopic (exact) mass is 599 g/mol. The summed E-state index contributed by atoms with van der Waals surface area (Å²) in [5.41, 5.74) is 2.16. The van der Waals surface area contributed by atoms with Gasteiger partial charge in [0.2, 0.25) is 0 Å². The SMILES string of the molecule is C=C(S/C=C\C(C)C)C1=N[C@@H](c2ccc(F)cc2Cl)C(CC)=C(CN2CC(/C=C/C(=O)O)C(F)(F)C2)N1.O=CO. The van der Waals surface area contributed by atoms with Crippen LogP contribution in [0.5, 0.6) is 0 Å². The van der Waals surface area contributed by atoms with Gasteiger partial charge in [-0.25, -0.2) is 18.0 Å². The van der Waals surface area contributed by atoms with Gasteiger partial charge in [-0.1, -0.05) is 68.9 Å². The summed E-state index contributed by atoms with van der Waals surface area (Å²) >= 11 is 7.81. The van der Waals surface area contributed by atoms with Crippen LogP contribution >= 0.6 is 23.4 Å². The predicted molar refractivity (Wildman–Crippen MR) is 153 cm³/mol. The molecule has 0 aromatic heterocycles. The van der Waals surface area contributed by atoms with E-state index in [0.717, 1.165) is 17.7 Å². The highest BCUT2D eigenvalue weighted by molar-refractivity contribution is 8.06. The van der Waals surface area contributed by atoms with Crippen LogP contribution in [0.25, 0.3) is 0 Å². The molecule has 2 aliphatic rings. The Hall–Kier alpha value is -3.02. The van der Waals surface area contributed by atoms with Crippen molar-refractivity contribution in [1.82, 2.24) is 10.2 Å². The minimum Gasteiger partial charge on any atom is -0.483 e. The first-order valence-corrected chi connectivity index (χ1v) is 13.7. The van der Waals surface area contributed by atoms with Crippen molar-refractivity contribution >= 4 is 41.6 Å². The molecule has 3 N–H and O–H groups in total. The van der Waals surface area contributed by atoms with Crippen LogP contribution in [0, 0.1) is 17.7 Å². The second-order valence-electron chi connectivity index (χ2n) is 9.48. The molecule has 2 aliphatic heterocycles. The molecule has 3 rings (SSSR count). The molecule has 2 atom stereocenters. The molecule has 1 unspecified atom stereocenters. The van der Waals surface area contributed by atoms with E-state index in [1.165, 1.54) is 23.9 Å². The lowest BCUT2D eigenvalue weighted by Gasteiger charge is -2.31. The van der Waals surface area contributed by atoms with Gasteiger partial charge in [0.05, 0.1) is 12.5 Å². The number of amidine groups is 1. The molecule has 218 valence electrons. The summed E-state index contributed by atoms with van der Waals surface area (Å²) in [6, 6.07) is 3.60. The summed E-state index contributed by atoms with van der Waals surface area (Å²) in [5, 5.41) is 21.2. The van der Waals surface area contributed by atoms with E-state index in [1.807, 2.05) is 18.4 Å². The van der Waals surface area contributed by atoms with Crippen LogP contribution in [0.3, 0.4) is 0 Å². The summed E-state index contributed by atoms with van der Waals surface area (Å²) in [6.45, 7) is 9.60. The van der Waals surface area contributed by atoms with Gasteiger partial charge in [0, 0.05) is 34.8 Å². The van der Waals surface area contributed by atoms with Crippen LogP contribution in [0.1, 0.15) is 38.8 Å². The van der Waals surface area contributed by atoms with E-state index in [1.54, 1.807) is 11.0 Å². The number of aliphatic imine (C=N–C) groups is 1. The number of benzene rings is 1. The van der Waals surface area contributed by atoms with Gasteiger partial charge in [0.1, 0.15) is 17.7 Å². The fourth-order valence-electron chi connectivity index (χ4n) is 4.27. The summed E-state index contributed by atoms with van der Waals surface area (Å²) in [5.74, 6) is -5.15. The van der Waals surface area contributed by atoms with E-state index in [0.29, 0.717) is 34.3 Å². The van der Waals surface area contributed by atoms with E-state index >= 15 is 0 Å². The predicted octanol–water partition coefficient (Wildman–Crippen LogP) is 6.51. The number of halogens is 4. The molecule has 1 aromatic rings. The Kier molecular flexibility index (Phi) is 12.5. The lowest BCUT2D eigenvalue weighted by Crippen LogP contribution is -2.37. The zero-order chi connectivity index (χ0) is 30.0. The number of carboxylic acids is 1. The molecule has 0 amide bonds. The maximum Gasteiger partial charge on any atom is 0.327 e. The summed E-state index contributed by atoms with van der Waals surface area (Å²) in [7, 11) is 0. The van der Waals surface area contributed by atoms with Gasteiger partial charge in [0.15, 0.2) is 0 Å². The molecule has 0 saturated carbocycles. The van der Waals surface area contributed by atoms with E-state index in [-0.39, 0.29) is 24.6 Å². The van der Waals surface area contributed by atoms with Gasteiger partial charge in [-0.2, -0.15) is 0 Å². The van der Waals surface area contributed by atoms with Gasteiger partial charge in [0.25, 0.3) is 12.4 Å². The molecular formula is C28H33ClF3N3O4S. The quantitative estimate of drug-likeness (QED) is 0.208. The number of likely N-dealkylation sites (tertiary alicyclic amines) is 1. The van der Waals surface area contributed by atoms with Crippen molar-refractivity contribution in [2.24, 2.45) is 16.8 Å². The van der Waals surface area contributed by atoms with Crippen LogP contribution in [-0.2, 0) is 9.59 Å². The fraction of sp³-hybridized carbons (Fsp3) is 0.393. The van der Waals surface area contributed by atoms with Crippen molar-refractivity contribution in [2.75, 3.05) is 19.6 Å². The van der Waals surface area contributed by atoms with Crippen LogP contribution in [0.15, 0.2) is 69.6 Å². The average Bonchev–Trinajstić information content (AvgIpc) is 3.15. The van der Waals surface area contributed by atoms with Gasteiger partial charge < -0.3 is 15.5 Å². The number of rotatable bonds is 10. The van der Waals surface area contributed by atoms with Crippen molar-refractivity contribution < 1.29 is 33.0 Å². The van der Waals surface area contributed by atoms with Crippen LogP contribution < -0.4 is 5.32 Å². The zero-order valence-corrected chi connectivity index (χ0v) is 24.0. The van der Waals surface area contributed by atoms with Crippen molar-refractivity contribution in [1.29, 1.82) is 0 Å². The molecule has 0 bridgehead atoms. The highest BCUT2D eigenvalue weighted by Crippen LogP contribution is 2.39. The Bertz CT molecular complexity index is 1220. The van der Waals surface area contributed by atoms with Gasteiger partial charge in [-0.15, -0.1) is 0 Å². The average molecular weight is 600 g/mol. The lowest BCUT2D eigenvalue weighted by molar-refractivity contribution is -0.131. The third-order valence-corrected chi connectivity index (χ3v) is 7.20. The van der Waals surface area contributed by atoms with Crippen molar-refractivity contribution in [2.45, 2.75) is 39.2 Å². The second-order valence-corrected chi connectivity index (χ2v) is 10.9. The molecule has 0 spiro atoms. The Labute approximate surface area is 241 Å². The smallest absolute Gasteiger partial charge is 0.327 e. The molecule has 0 aliphatic carbocycles. The number of nitrogens with zero attached hydrogens (tertiary/aromatic N) is 2. The number of nitrogens with one attached hydrogen (secondary N) is 1. The fourth-order valence-corrected chi connectivity index (χ4v) is 5.31. The van der Waals surface area contributed by atoms with Gasteiger partial charge in [-0.05, 0) is 41.0 Å². The Morgan fingerprint density at radius 1 is 1.40 bits per heavy atom. The van der Waals surface area contributed by atoms with Crippen LogP contribution in [0.4, 0.5) is 13.2 Å².